The minimum atomic E-state index is 0. The van der Waals surface area contributed by atoms with Crippen LogP contribution in [-0.4, -0.2) is 0 Å². The van der Waals surface area contributed by atoms with Crippen LogP contribution in [0.2, 0.25) is 0 Å². The van der Waals surface area contributed by atoms with Gasteiger partial charge in [0.05, 0.1) is 0 Å². The van der Waals surface area contributed by atoms with Crippen LogP contribution in [0.5, 0.6) is 0 Å². The molecule has 0 aliphatic carbocycles. The van der Waals surface area contributed by atoms with Crippen LogP contribution in [0.25, 0.3) is 0 Å². The largest absolute Gasteiger partial charge is 0.369 e. The van der Waals surface area contributed by atoms with Crippen molar-refractivity contribution in [3.05, 3.63) is 0 Å². The normalized spacial score (nSPS) is 1.00. The minimum absolute atomic E-state index is 0. The van der Waals surface area contributed by atoms with Crippen molar-refractivity contribution in [1.29, 1.82) is 0 Å². The summed E-state index contributed by atoms with van der Waals surface area (Å²) in [5.41, 5.74) is 0. The van der Waals surface area contributed by atoms with Crippen molar-refractivity contribution in [2.75, 3.05) is 0 Å². The molecular formula is H4Cl2NY. The number of hydrogen-bond acceptors (Lipinski definition) is 0. The van der Waals surface area contributed by atoms with Crippen LogP contribution in [0.4, 0.5) is 0 Å². The van der Waals surface area contributed by atoms with E-state index >= 15 is 0 Å². The molecule has 0 rings (SSSR count). The van der Waals surface area contributed by atoms with Crippen molar-refractivity contribution in [3.63, 3.8) is 0 Å². The zero-order valence-corrected chi connectivity index (χ0v) is 6.68. The van der Waals surface area contributed by atoms with Crippen LogP contribution in [0.1, 0.15) is 0 Å². The molecule has 0 aromatic rings. The van der Waals surface area contributed by atoms with Gasteiger partial charge in [-0.2, -0.15) is 0 Å². The molecule has 1 nitrogen and oxygen atoms in total. The van der Waals surface area contributed by atoms with Crippen molar-refractivity contribution in [3.8, 4) is 0 Å². The summed E-state index contributed by atoms with van der Waals surface area (Å²) in [4.78, 5) is 0. The van der Waals surface area contributed by atoms with Gasteiger partial charge in [0, 0.05) is 0 Å². The summed E-state index contributed by atoms with van der Waals surface area (Å²) in [6.45, 7) is 0. The average Bonchev–Trinajstić information content (AvgIpc) is 1.00. The molecule has 0 aliphatic rings. The molecule has 0 bridgehead atoms. The van der Waals surface area contributed by atoms with E-state index in [4.69, 9.17) is 7.33 Å². The fraction of sp³-hybridized carbons (Fsp3) is 0. The molecule has 0 saturated carbocycles. The summed E-state index contributed by atoms with van der Waals surface area (Å²) >= 11 is 0.822. The van der Waals surface area contributed by atoms with Crippen LogP contribution in [0.15, 0.2) is 0 Å². The van der Waals surface area contributed by atoms with E-state index in [9.17, 15) is 0 Å². The molecule has 26 valence electrons. The number of quaternary nitrogens is 1. The summed E-state index contributed by atoms with van der Waals surface area (Å²) in [5.74, 6) is 0. The molecule has 0 atom stereocenters. The van der Waals surface area contributed by atoms with Gasteiger partial charge in [-0.05, 0) is 0 Å². The first-order chi connectivity index (χ1) is 1.00. The smallest absolute Gasteiger partial charge is 0.369 e. The first-order valence-corrected chi connectivity index (χ1v) is 3.87. The third kappa shape index (κ3) is 9.43. The Morgan fingerprint density at radius 2 is 1.25 bits per heavy atom. The second-order valence-corrected chi connectivity index (χ2v) is 0. The summed E-state index contributed by atoms with van der Waals surface area (Å²) in [6, 6.07) is 0. The number of halogens is 2. The van der Waals surface area contributed by atoms with Crippen molar-refractivity contribution in [2.24, 2.45) is 0 Å². The van der Waals surface area contributed by atoms with E-state index in [-0.39, 0.29) is 18.6 Å². The van der Waals surface area contributed by atoms with Crippen LogP contribution in [0.3, 0.4) is 0 Å². The van der Waals surface area contributed by atoms with E-state index in [0.717, 1.165) is 29.6 Å². The van der Waals surface area contributed by atoms with Gasteiger partial charge in [-0.3, -0.25) is 0 Å². The van der Waals surface area contributed by atoms with E-state index < -0.39 is 0 Å². The standard InChI is InChI=1S/2ClH.H3N.Y/h2*1H;1H3;/q;;;+1/p-1. The maximum atomic E-state index is 4.77. The van der Waals surface area contributed by atoms with Gasteiger partial charge in [-0.25, -0.2) is 0 Å². The summed E-state index contributed by atoms with van der Waals surface area (Å²) < 4.78 is 0. The Morgan fingerprint density at radius 1 is 1.25 bits per heavy atom. The summed E-state index contributed by atoms with van der Waals surface area (Å²) in [5, 5.41) is 0. The SMILES string of the molecule is [Cl-].[Cl][Y].[NH4+]. The first-order valence-electron chi connectivity index (χ1n) is 0.218. The van der Waals surface area contributed by atoms with E-state index in [1.165, 1.54) is 0 Å². The fourth-order valence-electron chi connectivity index (χ4n) is 0. The Labute approximate surface area is 55.0 Å². The monoisotopic (exact) mass is 177 g/mol. The summed E-state index contributed by atoms with van der Waals surface area (Å²) in [6.07, 6.45) is 0. The van der Waals surface area contributed by atoms with Crippen molar-refractivity contribution >= 4 is 7.33 Å². The number of hydrogen-bond donors (Lipinski definition) is 1. The van der Waals surface area contributed by atoms with Crippen LogP contribution < -0.4 is 18.6 Å². The third-order valence-electron chi connectivity index (χ3n) is 0. The molecule has 0 aliphatic heterocycles. The van der Waals surface area contributed by atoms with E-state index in [1.807, 2.05) is 0 Å². The molecule has 0 radical (unpaired) electrons. The van der Waals surface area contributed by atoms with Crippen LogP contribution in [0, 0.1) is 0 Å². The molecule has 4 heteroatoms. The fourth-order valence-corrected chi connectivity index (χ4v) is 0. The molecule has 4 N–H and O–H groups in total. The molecular weight excluding hydrogens is 174 g/mol. The van der Waals surface area contributed by atoms with Gasteiger partial charge in [0.1, 0.15) is 0 Å². The Hall–Kier alpha value is 1.64. The zero-order chi connectivity index (χ0) is 2.00. The first kappa shape index (κ1) is 17.4. The van der Waals surface area contributed by atoms with E-state index in [2.05, 4.69) is 0 Å². The Kier molecular flexibility index (Phi) is 99.3. The van der Waals surface area contributed by atoms with Crippen molar-refractivity contribution in [1.82, 2.24) is 6.15 Å². The van der Waals surface area contributed by atoms with Gasteiger partial charge >= 0.3 is 36.9 Å². The molecule has 0 amide bonds. The Balaban J connectivity index is -0.00000000500. The molecule has 0 aromatic carbocycles. The van der Waals surface area contributed by atoms with Gasteiger partial charge in [0.25, 0.3) is 0 Å². The predicted molar refractivity (Wildman–Crippen MR) is 11.8 cm³/mol. The van der Waals surface area contributed by atoms with E-state index in [0.29, 0.717) is 0 Å². The third-order valence-corrected chi connectivity index (χ3v) is 0. The van der Waals surface area contributed by atoms with Crippen LogP contribution in [-0.2, 0) is 29.6 Å². The zero-order valence-electron chi connectivity index (χ0n) is 2.33. The molecule has 0 unspecified atom stereocenters. The van der Waals surface area contributed by atoms with Gasteiger partial charge in [0.15, 0.2) is 0 Å². The topological polar surface area (TPSA) is 36.5 Å². The minimum Gasteiger partial charge on any atom is -0.369 e. The molecule has 4 heavy (non-hydrogen) atoms. The van der Waals surface area contributed by atoms with Gasteiger partial charge in [0.2, 0.25) is 0 Å². The van der Waals surface area contributed by atoms with Crippen LogP contribution >= 0.6 is 7.33 Å². The van der Waals surface area contributed by atoms with E-state index in [1.54, 1.807) is 0 Å². The average molecular weight is 178 g/mol. The van der Waals surface area contributed by atoms with Gasteiger partial charge < -0.3 is 18.6 Å². The second kappa shape index (κ2) is 22.8. The Bertz CT molecular complexity index is 6.00. The molecule has 0 fully saturated rings. The molecule has 0 spiro atoms. The number of rotatable bonds is 0. The maximum Gasteiger partial charge on any atom is -0.369 e. The maximum absolute atomic E-state index is 4.77. The van der Waals surface area contributed by atoms with Crippen molar-refractivity contribution < 1.29 is 42.0 Å². The molecule has 0 saturated heterocycles. The van der Waals surface area contributed by atoms with Crippen molar-refractivity contribution in [2.45, 2.75) is 0 Å². The Morgan fingerprint density at radius 3 is 1.25 bits per heavy atom. The summed E-state index contributed by atoms with van der Waals surface area (Å²) in [7, 11) is 4.77. The quantitative estimate of drug-likeness (QED) is 0.448. The molecule has 0 heterocycles. The predicted octanol–water partition coefficient (Wildman–Crippen LogP) is -1.93. The second-order valence-electron chi connectivity index (χ2n) is 0. The van der Waals surface area contributed by atoms with Gasteiger partial charge in [-0.15, -0.1) is 0 Å². The van der Waals surface area contributed by atoms with Gasteiger partial charge in [-0.1, -0.05) is 0 Å². The molecule has 0 aromatic heterocycles.